The molecule has 2 aromatic carbocycles. The standard InChI is InChI=1S/C27H34N2/c1-3-4-5-6-13-19-27(2)20-14-21-29-25(23-17-11-8-12-18-23)24(28-26(27)29)22-15-9-7-10-16-22/h7-12,15-18H,3-6,13-14,19-21H2,1-2H3/t27-/m1/s1. The fraction of sp³-hybridized carbons (Fsp3) is 0.444. The average Bonchev–Trinajstić information content (AvgIpc) is 3.16. The van der Waals surface area contributed by atoms with Gasteiger partial charge in [0.05, 0.1) is 11.4 Å². The third-order valence-corrected chi connectivity index (χ3v) is 6.54. The first-order valence-electron chi connectivity index (χ1n) is 11.4. The van der Waals surface area contributed by atoms with Crippen molar-refractivity contribution < 1.29 is 0 Å². The Morgan fingerprint density at radius 2 is 1.52 bits per heavy atom. The van der Waals surface area contributed by atoms with Gasteiger partial charge in [-0.1, -0.05) is 107 Å². The second-order valence-corrected chi connectivity index (χ2v) is 8.84. The monoisotopic (exact) mass is 386 g/mol. The maximum absolute atomic E-state index is 5.33. The van der Waals surface area contributed by atoms with E-state index in [1.807, 2.05) is 0 Å². The van der Waals surface area contributed by atoms with E-state index in [0.717, 1.165) is 12.2 Å². The molecule has 1 atom stereocenters. The molecule has 3 aromatic rings. The van der Waals surface area contributed by atoms with Crippen LogP contribution in [0.25, 0.3) is 22.5 Å². The summed E-state index contributed by atoms with van der Waals surface area (Å²) in [4.78, 5) is 5.33. The maximum atomic E-state index is 5.33. The molecule has 4 rings (SSSR count). The maximum Gasteiger partial charge on any atom is 0.115 e. The Hall–Kier alpha value is -2.35. The van der Waals surface area contributed by atoms with Crippen LogP contribution in [-0.2, 0) is 12.0 Å². The van der Waals surface area contributed by atoms with E-state index in [1.165, 1.54) is 74.0 Å². The third kappa shape index (κ3) is 4.17. The minimum atomic E-state index is 0.182. The van der Waals surface area contributed by atoms with E-state index in [4.69, 9.17) is 4.98 Å². The molecule has 2 heterocycles. The third-order valence-electron chi connectivity index (χ3n) is 6.54. The van der Waals surface area contributed by atoms with E-state index >= 15 is 0 Å². The Labute approximate surface area is 176 Å². The Morgan fingerprint density at radius 1 is 0.862 bits per heavy atom. The van der Waals surface area contributed by atoms with Gasteiger partial charge in [0.25, 0.3) is 0 Å². The van der Waals surface area contributed by atoms with Crippen molar-refractivity contribution in [2.45, 2.75) is 77.2 Å². The molecule has 152 valence electrons. The number of imidazole rings is 1. The van der Waals surface area contributed by atoms with Gasteiger partial charge in [-0.3, -0.25) is 0 Å². The van der Waals surface area contributed by atoms with Gasteiger partial charge in [0.1, 0.15) is 5.82 Å². The number of fused-ring (bicyclic) bond motifs is 1. The summed E-state index contributed by atoms with van der Waals surface area (Å²) in [6, 6.07) is 21.6. The lowest BCUT2D eigenvalue weighted by atomic mass is 9.77. The van der Waals surface area contributed by atoms with E-state index in [9.17, 15) is 0 Å². The van der Waals surface area contributed by atoms with Gasteiger partial charge in [0, 0.05) is 23.1 Å². The van der Waals surface area contributed by atoms with Crippen LogP contribution in [0.15, 0.2) is 60.7 Å². The van der Waals surface area contributed by atoms with Crippen LogP contribution in [0.5, 0.6) is 0 Å². The van der Waals surface area contributed by atoms with E-state index in [-0.39, 0.29) is 5.41 Å². The molecule has 0 saturated heterocycles. The van der Waals surface area contributed by atoms with Gasteiger partial charge in [0.15, 0.2) is 0 Å². The molecule has 1 aliphatic heterocycles. The van der Waals surface area contributed by atoms with Crippen molar-refractivity contribution in [1.82, 2.24) is 9.55 Å². The fourth-order valence-corrected chi connectivity index (χ4v) is 4.91. The Morgan fingerprint density at radius 3 is 2.21 bits per heavy atom. The first-order chi connectivity index (χ1) is 14.2. The minimum absolute atomic E-state index is 0.182. The van der Waals surface area contributed by atoms with Crippen LogP contribution in [0.1, 0.15) is 71.0 Å². The number of aromatic nitrogens is 2. The molecule has 0 aliphatic carbocycles. The van der Waals surface area contributed by atoms with Crippen molar-refractivity contribution in [1.29, 1.82) is 0 Å². The molecular formula is C27H34N2. The van der Waals surface area contributed by atoms with E-state index in [2.05, 4.69) is 79.1 Å². The van der Waals surface area contributed by atoms with Crippen molar-refractivity contribution >= 4 is 0 Å². The highest BCUT2D eigenvalue weighted by molar-refractivity contribution is 5.79. The molecule has 29 heavy (non-hydrogen) atoms. The molecule has 2 heteroatoms. The number of rotatable bonds is 8. The van der Waals surface area contributed by atoms with Crippen LogP contribution in [0.2, 0.25) is 0 Å². The summed E-state index contributed by atoms with van der Waals surface area (Å²) in [6.07, 6.45) is 10.4. The summed E-state index contributed by atoms with van der Waals surface area (Å²) in [6.45, 7) is 5.81. The van der Waals surface area contributed by atoms with Crippen molar-refractivity contribution in [3.05, 3.63) is 66.5 Å². The molecule has 0 N–H and O–H groups in total. The molecule has 0 saturated carbocycles. The lowest BCUT2D eigenvalue weighted by Crippen LogP contribution is -2.31. The zero-order chi connectivity index (χ0) is 20.1. The predicted molar refractivity (Wildman–Crippen MR) is 123 cm³/mol. The quantitative estimate of drug-likeness (QED) is 0.364. The molecular weight excluding hydrogens is 352 g/mol. The normalized spacial score (nSPS) is 18.6. The highest BCUT2D eigenvalue weighted by atomic mass is 15.1. The van der Waals surface area contributed by atoms with Gasteiger partial charge in [-0.15, -0.1) is 0 Å². The van der Waals surface area contributed by atoms with Crippen molar-refractivity contribution in [3.8, 4) is 22.5 Å². The number of hydrogen-bond acceptors (Lipinski definition) is 1. The molecule has 2 nitrogen and oxygen atoms in total. The van der Waals surface area contributed by atoms with Gasteiger partial charge in [-0.05, 0) is 19.3 Å². The summed E-state index contributed by atoms with van der Waals surface area (Å²) < 4.78 is 2.53. The van der Waals surface area contributed by atoms with Gasteiger partial charge in [-0.2, -0.15) is 0 Å². The summed E-state index contributed by atoms with van der Waals surface area (Å²) in [5, 5.41) is 0. The summed E-state index contributed by atoms with van der Waals surface area (Å²) in [5.74, 6) is 1.30. The van der Waals surface area contributed by atoms with Crippen LogP contribution in [0.3, 0.4) is 0 Å². The topological polar surface area (TPSA) is 17.8 Å². The van der Waals surface area contributed by atoms with Gasteiger partial charge in [-0.25, -0.2) is 4.98 Å². The Kier molecular flexibility index (Phi) is 6.18. The Balaban J connectivity index is 1.74. The lowest BCUT2D eigenvalue weighted by Gasteiger charge is -2.34. The molecule has 1 aromatic heterocycles. The molecule has 0 unspecified atom stereocenters. The van der Waals surface area contributed by atoms with E-state index in [1.54, 1.807) is 0 Å². The fourth-order valence-electron chi connectivity index (χ4n) is 4.91. The molecule has 0 amide bonds. The predicted octanol–water partition coefficient (Wildman–Crippen LogP) is 7.63. The Bertz CT molecular complexity index is 910. The summed E-state index contributed by atoms with van der Waals surface area (Å²) in [5.41, 5.74) is 5.12. The number of nitrogens with zero attached hydrogens (tertiary/aromatic N) is 2. The van der Waals surface area contributed by atoms with Gasteiger partial charge in [0.2, 0.25) is 0 Å². The molecule has 0 radical (unpaired) electrons. The molecule has 0 spiro atoms. The largest absolute Gasteiger partial charge is 0.327 e. The number of benzene rings is 2. The molecule has 0 fully saturated rings. The van der Waals surface area contributed by atoms with Crippen LogP contribution in [0, 0.1) is 0 Å². The van der Waals surface area contributed by atoms with Gasteiger partial charge >= 0.3 is 0 Å². The first kappa shape index (κ1) is 19.9. The minimum Gasteiger partial charge on any atom is -0.327 e. The summed E-state index contributed by atoms with van der Waals surface area (Å²) >= 11 is 0. The van der Waals surface area contributed by atoms with Crippen LogP contribution < -0.4 is 0 Å². The van der Waals surface area contributed by atoms with E-state index in [0.29, 0.717) is 0 Å². The number of hydrogen-bond donors (Lipinski definition) is 0. The highest BCUT2D eigenvalue weighted by Crippen LogP contribution is 2.43. The van der Waals surface area contributed by atoms with Crippen molar-refractivity contribution in [2.75, 3.05) is 0 Å². The number of unbranched alkanes of at least 4 members (excludes halogenated alkanes) is 4. The molecule has 1 aliphatic rings. The zero-order valence-corrected chi connectivity index (χ0v) is 18.0. The lowest BCUT2D eigenvalue weighted by molar-refractivity contribution is 0.296. The van der Waals surface area contributed by atoms with E-state index < -0.39 is 0 Å². The molecule has 0 bridgehead atoms. The highest BCUT2D eigenvalue weighted by Gasteiger charge is 2.36. The van der Waals surface area contributed by atoms with Crippen LogP contribution in [0.4, 0.5) is 0 Å². The smallest absolute Gasteiger partial charge is 0.115 e. The van der Waals surface area contributed by atoms with Crippen molar-refractivity contribution in [3.63, 3.8) is 0 Å². The van der Waals surface area contributed by atoms with Crippen LogP contribution >= 0.6 is 0 Å². The second-order valence-electron chi connectivity index (χ2n) is 8.84. The first-order valence-corrected chi connectivity index (χ1v) is 11.4. The average molecular weight is 387 g/mol. The van der Waals surface area contributed by atoms with Crippen LogP contribution in [-0.4, -0.2) is 9.55 Å². The van der Waals surface area contributed by atoms with Crippen molar-refractivity contribution in [2.24, 2.45) is 0 Å². The summed E-state index contributed by atoms with van der Waals surface area (Å²) in [7, 11) is 0. The second kappa shape index (κ2) is 8.98. The van der Waals surface area contributed by atoms with Gasteiger partial charge < -0.3 is 4.57 Å². The SMILES string of the molecule is CCCCCCC[C@]1(C)CCCn2c1nc(-c1ccccc1)c2-c1ccccc1. The zero-order valence-electron chi connectivity index (χ0n) is 18.0.